The number of allylic oxidation sites excluding steroid dienone is 1. The van der Waals surface area contributed by atoms with Gasteiger partial charge in [-0.1, -0.05) is 48.5 Å². The van der Waals surface area contributed by atoms with Crippen molar-refractivity contribution in [2.45, 2.75) is 0 Å². The molecule has 0 aliphatic rings. The SMILES string of the molecule is N#C/C=C/c1cccc(-c2ccccc2)c1. The molecule has 0 amide bonds. The molecule has 2 aromatic carbocycles. The average Bonchev–Trinajstić information content (AvgIpc) is 2.38. The predicted octanol–water partition coefficient (Wildman–Crippen LogP) is 3.89. The van der Waals surface area contributed by atoms with E-state index in [1.54, 1.807) is 0 Å². The Kier molecular flexibility index (Phi) is 3.15. The summed E-state index contributed by atoms with van der Waals surface area (Å²) in [5.74, 6) is 0. The summed E-state index contributed by atoms with van der Waals surface area (Å²) in [6.45, 7) is 0. The van der Waals surface area contributed by atoms with Crippen molar-refractivity contribution in [1.82, 2.24) is 0 Å². The Morgan fingerprint density at radius 1 is 0.875 bits per heavy atom. The zero-order chi connectivity index (χ0) is 11.2. The Morgan fingerprint density at radius 3 is 2.38 bits per heavy atom. The summed E-state index contributed by atoms with van der Waals surface area (Å²) in [6, 6.07) is 20.3. The fourth-order valence-electron chi connectivity index (χ4n) is 1.59. The maximum Gasteiger partial charge on any atom is 0.0912 e. The molecule has 2 aromatic rings. The highest BCUT2D eigenvalue weighted by atomic mass is 14.2. The Morgan fingerprint density at radius 2 is 1.62 bits per heavy atom. The second-order valence-corrected chi connectivity index (χ2v) is 3.45. The lowest BCUT2D eigenvalue weighted by Gasteiger charge is -2.02. The van der Waals surface area contributed by atoms with Gasteiger partial charge in [-0.05, 0) is 28.8 Å². The lowest BCUT2D eigenvalue weighted by atomic mass is 10.0. The van der Waals surface area contributed by atoms with Crippen LogP contribution in [0, 0.1) is 11.3 Å². The predicted molar refractivity (Wildman–Crippen MR) is 66.5 cm³/mol. The van der Waals surface area contributed by atoms with Crippen molar-refractivity contribution in [2.75, 3.05) is 0 Å². The second kappa shape index (κ2) is 4.95. The molecule has 1 heteroatoms. The van der Waals surface area contributed by atoms with Crippen molar-refractivity contribution in [3.05, 3.63) is 66.2 Å². The minimum atomic E-state index is 1.04. The van der Waals surface area contributed by atoms with Crippen LogP contribution in [0.1, 0.15) is 5.56 Å². The first-order valence-corrected chi connectivity index (χ1v) is 5.12. The van der Waals surface area contributed by atoms with Crippen LogP contribution in [0.3, 0.4) is 0 Å². The van der Waals surface area contributed by atoms with E-state index in [-0.39, 0.29) is 0 Å². The van der Waals surface area contributed by atoms with Gasteiger partial charge in [-0.3, -0.25) is 0 Å². The van der Waals surface area contributed by atoms with Crippen LogP contribution in [0.15, 0.2) is 60.7 Å². The van der Waals surface area contributed by atoms with Gasteiger partial charge in [0.2, 0.25) is 0 Å². The van der Waals surface area contributed by atoms with Gasteiger partial charge in [0.05, 0.1) is 6.07 Å². The molecule has 0 atom stereocenters. The lowest BCUT2D eigenvalue weighted by Crippen LogP contribution is -1.78. The lowest BCUT2D eigenvalue weighted by molar-refractivity contribution is 1.53. The van der Waals surface area contributed by atoms with Crippen molar-refractivity contribution in [3.63, 3.8) is 0 Å². The Hall–Kier alpha value is -2.33. The van der Waals surface area contributed by atoms with Gasteiger partial charge in [0.15, 0.2) is 0 Å². The molecule has 0 heterocycles. The van der Waals surface area contributed by atoms with Crippen LogP contribution in [0.4, 0.5) is 0 Å². The smallest absolute Gasteiger partial charge is 0.0912 e. The summed E-state index contributed by atoms with van der Waals surface area (Å²) in [7, 11) is 0. The molecule has 2 rings (SSSR count). The van der Waals surface area contributed by atoms with Crippen LogP contribution in [0.2, 0.25) is 0 Å². The quantitative estimate of drug-likeness (QED) is 0.682. The molecule has 0 spiro atoms. The molecule has 0 saturated heterocycles. The average molecular weight is 205 g/mol. The van der Waals surface area contributed by atoms with Crippen LogP contribution in [-0.4, -0.2) is 0 Å². The van der Waals surface area contributed by atoms with Gasteiger partial charge in [0.1, 0.15) is 0 Å². The van der Waals surface area contributed by atoms with Crippen molar-refractivity contribution < 1.29 is 0 Å². The van der Waals surface area contributed by atoms with E-state index in [4.69, 9.17) is 5.26 Å². The van der Waals surface area contributed by atoms with E-state index in [1.165, 1.54) is 17.2 Å². The van der Waals surface area contributed by atoms with Crippen LogP contribution in [-0.2, 0) is 0 Å². The number of benzene rings is 2. The molecule has 1 nitrogen and oxygen atoms in total. The van der Waals surface area contributed by atoms with Gasteiger partial charge >= 0.3 is 0 Å². The molecule has 16 heavy (non-hydrogen) atoms. The van der Waals surface area contributed by atoms with Gasteiger partial charge in [0, 0.05) is 6.08 Å². The monoisotopic (exact) mass is 205 g/mol. The van der Waals surface area contributed by atoms with E-state index in [9.17, 15) is 0 Å². The van der Waals surface area contributed by atoms with Crippen molar-refractivity contribution >= 4 is 6.08 Å². The molecule has 0 saturated carbocycles. The third-order valence-electron chi connectivity index (χ3n) is 2.34. The fraction of sp³-hybridized carbons (Fsp3) is 0. The number of nitrogens with zero attached hydrogens (tertiary/aromatic N) is 1. The summed E-state index contributed by atoms with van der Waals surface area (Å²) >= 11 is 0. The van der Waals surface area contributed by atoms with Crippen LogP contribution < -0.4 is 0 Å². The standard InChI is InChI=1S/C15H11N/c16-11-5-7-13-6-4-10-15(12-13)14-8-2-1-3-9-14/h1-10,12H/b7-5+. The number of hydrogen-bond acceptors (Lipinski definition) is 1. The Balaban J connectivity index is 2.37. The molecule has 0 radical (unpaired) electrons. The van der Waals surface area contributed by atoms with Crippen molar-refractivity contribution in [2.24, 2.45) is 0 Å². The molecule has 0 aromatic heterocycles. The molecule has 0 aliphatic carbocycles. The van der Waals surface area contributed by atoms with Crippen LogP contribution in [0.25, 0.3) is 17.2 Å². The minimum absolute atomic E-state index is 1.04. The first-order valence-electron chi connectivity index (χ1n) is 5.12. The Bertz CT molecular complexity index is 533. The molecule has 0 unspecified atom stereocenters. The third kappa shape index (κ3) is 2.37. The van der Waals surface area contributed by atoms with E-state index >= 15 is 0 Å². The molecule has 0 N–H and O–H groups in total. The highest BCUT2D eigenvalue weighted by Gasteiger charge is 1.96. The summed E-state index contributed by atoms with van der Waals surface area (Å²) in [6.07, 6.45) is 3.30. The molecule has 0 aliphatic heterocycles. The fourth-order valence-corrected chi connectivity index (χ4v) is 1.59. The van der Waals surface area contributed by atoms with Gasteiger partial charge in [-0.15, -0.1) is 0 Å². The minimum Gasteiger partial charge on any atom is -0.193 e. The molecule has 76 valence electrons. The van der Waals surface area contributed by atoms with E-state index in [0.29, 0.717) is 0 Å². The zero-order valence-electron chi connectivity index (χ0n) is 8.80. The van der Waals surface area contributed by atoms with Crippen LogP contribution in [0.5, 0.6) is 0 Å². The van der Waals surface area contributed by atoms with Gasteiger partial charge in [-0.2, -0.15) is 5.26 Å². The van der Waals surface area contributed by atoms with E-state index in [1.807, 2.05) is 42.5 Å². The summed E-state index contributed by atoms with van der Waals surface area (Å²) in [4.78, 5) is 0. The molecular weight excluding hydrogens is 194 g/mol. The first-order chi connectivity index (χ1) is 7.90. The summed E-state index contributed by atoms with van der Waals surface area (Å²) in [5.41, 5.74) is 3.40. The van der Waals surface area contributed by atoms with Gasteiger partial charge < -0.3 is 0 Å². The normalized spacial score (nSPS) is 10.2. The van der Waals surface area contributed by atoms with E-state index in [0.717, 1.165) is 5.56 Å². The number of rotatable bonds is 2. The molecule has 0 bridgehead atoms. The van der Waals surface area contributed by atoms with Gasteiger partial charge in [0.25, 0.3) is 0 Å². The second-order valence-electron chi connectivity index (χ2n) is 3.45. The maximum absolute atomic E-state index is 8.48. The van der Waals surface area contributed by atoms with Gasteiger partial charge in [-0.25, -0.2) is 0 Å². The molecule has 0 fully saturated rings. The summed E-state index contributed by atoms with van der Waals surface area (Å²) < 4.78 is 0. The van der Waals surface area contributed by atoms with E-state index < -0.39 is 0 Å². The number of hydrogen-bond donors (Lipinski definition) is 0. The highest BCUT2D eigenvalue weighted by molar-refractivity contribution is 5.67. The maximum atomic E-state index is 8.48. The van der Waals surface area contributed by atoms with Crippen LogP contribution >= 0.6 is 0 Å². The highest BCUT2D eigenvalue weighted by Crippen LogP contribution is 2.20. The zero-order valence-corrected chi connectivity index (χ0v) is 8.80. The van der Waals surface area contributed by atoms with E-state index in [2.05, 4.69) is 24.3 Å². The largest absolute Gasteiger partial charge is 0.193 e. The number of nitriles is 1. The molecular formula is C15H11N. The summed E-state index contributed by atoms with van der Waals surface area (Å²) in [5, 5.41) is 8.48. The van der Waals surface area contributed by atoms with Crippen molar-refractivity contribution in [1.29, 1.82) is 5.26 Å². The Labute approximate surface area is 95.3 Å². The van der Waals surface area contributed by atoms with Crippen molar-refractivity contribution in [3.8, 4) is 17.2 Å². The first kappa shape index (κ1) is 10.2. The third-order valence-corrected chi connectivity index (χ3v) is 2.34. The topological polar surface area (TPSA) is 23.8 Å².